The maximum atomic E-state index is 14.5. The summed E-state index contributed by atoms with van der Waals surface area (Å²) in [6.07, 6.45) is 0. The van der Waals surface area contributed by atoms with Gasteiger partial charge >= 0.3 is 5.97 Å². The van der Waals surface area contributed by atoms with Crippen molar-refractivity contribution in [1.82, 2.24) is 25.2 Å². The van der Waals surface area contributed by atoms with Gasteiger partial charge in [0.2, 0.25) is 5.82 Å². The molecule has 0 unspecified atom stereocenters. The summed E-state index contributed by atoms with van der Waals surface area (Å²) in [7, 11) is 0. The van der Waals surface area contributed by atoms with Crippen molar-refractivity contribution < 1.29 is 14.3 Å². The van der Waals surface area contributed by atoms with Gasteiger partial charge in [-0.3, -0.25) is 0 Å². The third-order valence-electron chi connectivity index (χ3n) is 5.00. The van der Waals surface area contributed by atoms with E-state index in [4.69, 9.17) is 5.11 Å². The molecule has 5 aromatic rings. The molecule has 2 heterocycles. The molecule has 0 atom stereocenters. The molecule has 0 saturated carbocycles. The first-order valence-electron chi connectivity index (χ1n) is 8.88. The molecule has 0 radical (unpaired) electrons. The van der Waals surface area contributed by atoms with Crippen LogP contribution in [0.1, 0.15) is 15.9 Å². The second kappa shape index (κ2) is 6.52. The quantitative estimate of drug-likeness (QED) is 0.488. The van der Waals surface area contributed by atoms with Crippen LogP contribution in [0, 0.1) is 5.82 Å². The standard InChI is InChI=1S/C21H14FN5O2/c22-17-10-13(21(28)29)5-6-14(17)11-27-18-4-2-1-3-15(18)16-9-12(7-8-19(16)27)20-23-25-26-24-20/h1-10H,11H2,(H,28,29)(H,23,24,25,26). The minimum atomic E-state index is -1.15. The number of hydrogen-bond donors (Lipinski definition) is 2. The number of aromatic carboxylic acids is 1. The summed E-state index contributed by atoms with van der Waals surface area (Å²) in [4.78, 5) is 11.1. The molecule has 0 aliphatic carbocycles. The summed E-state index contributed by atoms with van der Waals surface area (Å²) in [5.41, 5.74) is 3.05. The number of halogens is 1. The minimum absolute atomic E-state index is 0.0711. The molecule has 142 valence electrons. The van der Waals surface area contributed by atoms with Crippen LogP contribution in [0.3, 0.4) is 0 Å². The summed E-state index contributed by atoms with van der Waals surface area (Å²) >= 11 is 0. The van der Waals surface area contributed by atoms with Crippen molar-refractivity contribution in [2.75, 3.05) is 0 Å². The lowest BCUT2D eigenvalue weighted by Crippen LogP contribution is -2.04. The third kappa shape index (κ3) is 2.82. The van der Waals surface area contributed by atoms with E-state index < -0.39 is 11.8 Å². The number of nitrogens with zero attached hydrogens (tertiary/aromatic N) is 4. The van der Waals surface area contributed by atoms with Crippen molar-refractivity contribution in [3.05, 3.63) is 77.6 Å². The lowest BCUT2D eigenvalue weighted by atomic mass is 10.1. The Labute approximate surface area is 163 Å². The molecule has 5 rings (SSSR count). The van der Waals surface area contributed by atoms with Gasteiger partial charge in [0, 0.05) is 32.9 Å². The Morgan fingerprint density at radius 1 is 1.03 bits per heavy atom. The van der Waals surface area contributed by atoms with Crippen LogP contribution >= 0.6 is 0 Å². The number of hydrogen-bond acceptors (Lipinski definition) is 4. The van der Waals surface area contributed by atoms with Gasteiger partial charge in [-0.05, 0) is 41.6 Å². The number of benzene rings is 3. The second-order valence-electron chi connectivity index (χ2n) is 6.68. The number of aromatic nitrogens is 5. The zero-order valence-electron chi connectivity index (χ0n) is 15.0. The Morgan fingerprint density at radius 2 is 1.86 bits per heavy atom. The first-order valence-corrected chi connectivity index (χ1v) is 8.88. The van der Waals surface area contributed by atoms with E-state index >= 15 is 0 Å². The first kappa shape index (κ1) is 17.1. The molecule has 0 aliphatic heterocycles. The van der Waals surface area contributed by atoms with Gasteiger partial charge in [0.05, 0.1) is 12.1 Å². The highest BCUT2D eigenvalue weighted by molar-refractivity contribution is 6.09. The van der Waals surface area contributed by atoms with E-state index in [1.165, 1.54) is 12.1 Å². The molecule has 29 heavy (non-hydrogen) atoms. The van der Waals surface area contributed by atoms with Gasteiger partial charge in [-0.2, -0.15) is 5.21 Å². The third-order valence-corrected chi connectivity index (χ3v) is 5.00. The predicted molar refractivity (Wildman–Crippen MR) is 105 cm³/mol. The predicted octanol–water partition coefficient (Wildman–Crippen LogP) is 3.86. The van der Waals surface area contributed by atoms with Crippen molar-refractivity contribution in [2.24, 2.45) is 0 Å². The number of H-pyrrole nitrogens is 1. The fraction of sp³-hybridized carbons (Fsp3) is 0.0476. The molecule has 8 heteroatoms. The van der Waals surface area contributed by atoms with Crippen molar-refractivity contribution in [3.63, 3.8) is 0 Å². The number of para-hydroxylation sites is 1. The molecule has 0 fully saturated rings. The number of aromatic amines is 1. The summed E-state index contributed by atoms with van der Waals surface area (Å²) in [6.45, 7) is 0.275. The molecule has 0 amide bonds. The Bertz CT molecular complexity index is 1380. The molecule has 3 aromatic carbocycles. The van der Waals surface area contributed by atoms with E-state index in [2.05, 4.69) is 20.6 Å². The molecule has 2 aromatic heterocycles. The van der Waals surface area contributed by atoms with Crippen LogP contribution in [0.4, 0.5) is 4.39 Å². The topological polar surface area (TPSA) is 96.7 Å². The van der Waals surface area contributed by atoms with E-state index in [9.17, 15) is 9.18 Å². The fourth-order valence-electron chi connectivity index (χ4n) is 3.63. The lowest BCUT2D eigenvalue weighted by Gasteiger charge is -2.09. The largest absolute Gasteiger partial charge is 0.478 e. The first-order chi connectivity index (χ1) is 14.1. The number of nitrogens with one attached hydrogen (secondary N) is 1. The van der Waals surface area contributed by atoms with Gasteiger partial charge in [-0.1, -0.05) is 24.3 Å². The number of carboxylic acids is 1. The Balaban J connectivity index is 1.68. The van der Waals surface area contributed by atoms with Crippen LogP contribution in [0.25, 0.3) is 33.2 Å². The summed E-state index contributed by atoms with van der Waals surface area (Å²) in [5, 5.41) is 25.2. The number of fused-ring (bicyclic) bond motifs is 3. The van der Waals surface area contributed by atoms with Crippen molar-refractivity contribution in [2.45, 2.75) is 6.54 Å². The van der Waals surface area contributed by atoms with E-state index in [1.807, 2.05) is 47.0 Å². The van der Waals surface area contributed by atoms with Crippen LogP contribution < -0.4 is 0 Å². The highest BCUT2D eigenvalue weighted by atomic mass is 19.1. The van der Waals surface area contributed by atoms with E-state index in [0.717, 1.165) is 33.4 Å². The van der Waals surface area contributed by atoms with E-state index in [0.29, 0.717) is 11.4 Å². The Kier molecular flexibility index (Phi) is 3.83. The molecule has 0 spiro atoms. The summed E-state index contributed by atoms with van der Waals surface area (Å²) < 4.78 is 16.6. The number of tetrazole rings is 1. The maximum absolute atomic E-state index is 14.5. The molecule has 0 bridgehead atoms. The van der Waals surface area contributed by atoms with Crippen molar-refractivity contribution >= 4 is 27.8 Å². The molecule has 2 N–H and O–H groups in total. The minimum Gasteiger partial charge on any atom is -0.478 e. The highest BCUT2D eigenvalue weighted by Crippen LogP contribution is 2.32. The SMILES string of the molecule is O=C(O)c1ccc(Cn2c3ccccc3c3cc(-c4nn[nH]n4)ccc32)c(F)c1. The van der Waals surface area contributed by atoms with Crippen LogP contribution in [0.5, 0.6) is 0 Å². The van der Waals surface area contributed by atoms with Gasteiger partial charge in [0.1, 0.15) is 5.82 Å². The van der Waals surface area contributed by atoms with Crippen LogP contribution in [0.2, 0.25) is 0 Å². The monoisotopic (exact) mass is 387 g/mol. The Morgan fingerprint density at radius 3 is 2.62 bits per heavy atom. The maximum Gasteiger partial charge on any atom is 0.335 e. The van der Waals surface area contributed by atoms with Crippen LogP contribution in [0.15, 0.2) is 60.7 Å². The van der Waals surface area contributed by atoms with Crippen molar-refractivity contribution in [3.8, 4) is 11.4 Å². The molecule has 0 saturated heterocycles. The van der Waals surface area contributed by atoms with E-state index in [-0.39, 0.29) is 12.1 Å². The van der Waals surface area contributed by atoms with Crippen LogP contribution in [-0.2, 0) is 6.54 Å². The second-order valence-corrected chi connectivity index (χ2v) is 6.68. The van der Waals surface area contributed by atoms with Crippen LogP contribution in [-0.4, -0.2) is 36.3 Å². The number of rotatable bonds is 4. The summed E-state index contributed by atoms with van der Waals surface area (Å²) in [5.74, 6) is -1.19. The van der Waals surface area contributed by atoms with Gasteiger partial charge in [0.15, 0.2) is 0 Å². The highest BCUT2D eigenvalue weighted by Gasteiger charge is 2.15. The summed E-state index contributed by atoms with van der Waals surface area (Å²) in [6, 6.07) is 17.7. The molecular weight excluding hydrogens is 373 g/mol. The lowest BCUT2D eigenvalue weighted by molar-refractivity contribution is 0.0696. The average molecular weight is 387 g/mol. The number of carboxylic acid groups (broad SMARTS) is 1. The average Bonchev–Trinajstić information content (AvgIpc) is 3.36. The fourth-order valence-corrected chi connectivity index (χ4v) is 3.63. The van der Waals surface area contributed by atoms with Crippen molar-refractivity contribution in [1.29, 1.82) is 0 Å². The molecule has 7 nitrogen and oxygen atoms in total. The Hall–Kier alpha value is -4.07. The molecule has 0 aliphatic rings. The van der Waals surface area contributed by atoms with Gasteiger partial charge < -0.3 is 9.67 Å². The van der Waals surface area contributed by atoms with E-state index in [1.54, 1.807) is 0 Å². The molecular formula is C21H14FN5O2. The zero-order valence-corrected chi connectivity index (χ0v) is 15.0. The number of carbonyl (C=O) groups is 1. The smallest absolute Gasteiger partial charge is 0.335 e. The van der Waals surface area contributed by atoms with Gasteiger partial charge in [0.25, 0.3) is 0 Å². The normalized spacial score (nSPS) is 11.3. The van der Waals surface area contributed by atoms with Gasteiger partial charge in [-0.25, -0.2) is 9.18 Å². The zero-order chi connectivity index (χ0) is 20.0. The van der Waals surface area contributed by atoms with Gasteiger partial charge in [-0.15, -0.1) is 10.2 Å².